The van der Waals surface area contributed by atoms with Crippen LogP contribution in [-0.4, -0.2) is 42.9 Å². The van der Waals surface area contributed by atoms with Gasteiger partial charge in [0.05, 0.1) is 17.7 Å². The maximum atomic E-state index is 12.4. The molecule has 2 aliphatic rings. The predicted octanol–water partition coefficient (Wildman–Crippen LogP) is 2.60. The molecule has 0 saturated carbocycles. The van der Waals surface area contributed by atoms with Crippen LogP contribution in [0.1, 0.15) is 36.5 Å². The average molecular weight is 388 g/mol. The van der Waals surface area contributed by atoms with Gasteiger partial charge in [-0.05, 0) is 25.1 Å². The largest absolute Gasteiger partial charge is 0.486 e. The second-order valence-electron chi connectivity index (χ2n) is 5.83. The lowest BCUT2D eigenvalue weighted by atomic mass is 9.83. The Morgan fingerprint density at radius 3 is 2.64 bits per heavy atom. The summed E-state index contributed by atoms with van der Waals surface area (Å²) in [6.45, 7) is 2.47. The third-order valence-electron chi connectivity index (χ3n) is 4.44. The third-order valence-corrected chi connectivity index (χ3v) is 6.82. The Balaban J connectivity index is 1.81. The summed E-state index contributed by atoms with van der Waals surface area (Å²) >= 11 is 3.36. The van der Waals surface area contributed by atoms with Crippen molar-refractivity contribution in [2.24, 2.45) is 0 Å². The molecule has 1 aromatic carbocycles. The number of carbonyl (C=O) groups excluding carboxylic acids is 1. The molecule has 5 nitrogen and oxygen atoms in total. The molecule has 22 heavy (non-hydrogen) atoms. The highest BCUT2D eigenvalue weighted by Gasteiger charge is 2.44. The number of carbonyl (C=O) groups is 1. The van der Waals surface area contributed by atoms with Gasteiger partial charge in [0, 0.05) is 30.4 Å². The summed E-state index contributed by atoms with van der Waals surface area (Å²) in [5.41, 5.74) is 0.0427. The van der Waals surface area contributed by atoms with Crippen LogP contribution >= 0.6 is 15.9 Å². The Kier molecular flexibility index (Phi) is 4.07. The van der Waals surface area contributed by atoms with E-state index in [9.17, 15) is 13.2 Å². The van der Waals surface area contributed by atoms with Crippen molar-refractivity contribution in [2.75, 3.05) is 18.8 Å². The highest BCUT2D eigenvalue weighted by atomic mass is 79.9. The van der Waals surface area contributed by atoms with Crippen molar-refractivity contribution in [2.45, 2.75) is 31.8 Å². The Labute approximate surface area is 138 Å². The van der Waals surface area contributed by atoms with Crippen LogP contribution in [0.15, 0.2) is 22.7 Å². The van der Waals surface area contributed by atoms with Crippen LogP contribution in [0.25, 0.3) is 0 Å². The molecule has 0 bridgehead atoms. The molecular formula is C15H18BrNO4S. The van der Waals surface area contributed by atoms with Gasteiger partial charge in [0.2, 0.25) is 10.0 Å². The minimum atomic E-state index is -3.17. The maximum absolute atomic E-state index is 12.4. The summed E-state index contributed by atoms with van der Waals surface area (Å²) in [4.78, 5) is 12.4. The molecular weight excluding hydrogens is 370 g/mol. The van der Waals surface area contributed by atoms with Crippen LogP contribution < -0.4 is 4.74 Å². The summed E-state index contributed by atoms with van der Waals surface area (Å²) in [7, 11) is -3.17. The van der Waals surface area contributed by atoms with E-state index in [-0.39, 0.29) is 11.5 Å². The van der Waals surface area contributed by atoms with Crippen LogP contribution in [0.2, 0.25) is 0 Å². The van der Waals surface area contributed by atoms with E-state index >= 15 is 0 Å². The van der Waals surface area contributed by atoms with Gasteiger partial charge < -0.3 is 4.74 Å². The molecule has 0 atom stereocenters. The molecule has 0 amide bonds. The van der Waals surface area contributed by atoms with E-state index in [0.29, 0.717) is 43.7 Å². The number of halogens is 1. The first-order chi connectivity index (χ1) is 10.4. The van der Waals surface area contributed by atoms with E-state index in [0.717, 1.165) is 4.47 Å². The highest BCUT2D eigenvalue weighted by Crippen LogP contribution is 2.40. The summed E-state index contributed by atoms with van der Waals surface area (Å²) in [6, 6.07) is 5.43. The van der Waals surface area contributed by atoms with Gasteiger partial charge >= 0.3 is 0 Å². The van der Waals surface area contributed by atoms with Gasteiger partial charge in [0.15, 0.2) is 5.78 Å². The maximum Gasteiger partial charge on any atom is 0.213 e. The molecule has 0 aromatic heterocycles. The van der Waals surface area contributed by atoms with E-state index in [1.807, 2.05) is 6.07 Å². The molecule has 0 N–H and O–H groups in total. The second-order valence-corrected chi connectivity index (χ2v) is 9.00. The molecule has 3 rings (SSSR count). The van der Waals surface area contributed by atoms with Gasteiger partial charge in [-0.1, -0.05) is 15.9 Å². The van der Waals surface area contributed by atoms with Crippen molar-refractivity contribution in [1.29, 1.82) is 0 Å². The SMILES string of the molecule is CCS(=O)(=O)N1CCC2(CC1)CC(=O)c1cc(Br)ccc1O2. The summed E-state index contributed by atoms with van der Waals surface area (Å²) in [6.07, 6.45) is 1.41. The van der Waals surface area contributed by atoms with Gasteiger partial charge in [-0.3, -0.25) is 4.79 Å². The summed E-state index contributed by atoms with van der Waals surface area (Å²) in [5, 5.41) is 0. The quantitative estimate of drug-likeness (QED) is 0.782. The van der Waals surface area contributed by atoms with Gasteiger partial charge in [-0.2, -0.15) is 0 Å². The number of hydrogen-bond donors (Lipinski definition) is 0. The summed E-state index contributed by atoms with van der Waals surface area (Å²) in [5.74, 6) is 0.775. The fourth-order valence-corrected chi connectivity index (χ4v) is 4.56. The number of fused-ring (bicyclic) bond motifs is 1. The monoisotopic (exact) mass is 387 g/mol. The minimum Gasteiger partial charge on any atom is -0.486 e. The van der Waals surface area contributed by atoms with Crippen LogP contribution in [0, 0.1) is 0 Å². The van der Waals surface area contributed by atoms with Gasteiger partial charge in [-0.15, -0.1) is 0 Å². The van der Waals surface area contributed by atoms with Crippen molar-refractivity contribution >= 4 is 31.7 Å². The van der Waals surface area contributed by atoms with Crippen molar-refractivity contribution < 1.29 is 17.9 Å². The highest BCUT2D eigenvalue weighted by molar-refractivity contribution is 9.10. The van der Waals surface area contributed by atoms with Gasteiger partial charge in [0.1, 0.15) is 11.4 Å². The fourth-order valence-electron chi connectivity index (χ4n) is 3.10. The molecule has 1 spiro atoms. The smallest absolute Gasteiger partial charge is 0.213 e. The van der Waals surface area contributed by atoms with Gasteiger partial charge in [-0.25, -0.2) is 12.7 Å². The Bertz CT molecular complexity index is 708. The number of sulfonamides is 1. The number of hydrogen-bond acceptors (Lipinski definition) is 4. The third kappa shape index (κ3) is 2.81. The lowest BCUT2D eigenvalue weighted by Crippen LogP contribution is -2.52. The molecule has 0 radical (unpaired) electrons. The normalized spacial score (nSPS) is 21.5. The standard InChI is InChI=1S/C15H18BrNO4S/c1-2-22(19,20)17-7-5-15(6-8-17)10-13(18)12-9-11(16)3-4-14(12)21-15/h3-4,9H,2,5-8,10H2,1H3. The lowest BCUT2D eigenvalue weighted by Gasteiger charge is -2.43. The second kappa shape index (κ2) is 5.62. The number of nitrogens with zero attached hydrogens (tertiary/aromatic N) is 1. The molecule has 1 fully saturated rings. The molecule has 2 aliphatic heterocycles. The Morgan fingerprint density at radius 1 is 1.32 bits per heavy atom. The van der Waals surface area contributed by atoms with E-state index in [2.05, 4.69) is 15.9 Å². The van der Waals surface area contributed by atoms with Crippen LogP contribution in [0.3, 0.4) is 0 Å². The predicted molar refractivity (Wildman–Crippen MR) is 86.7 cm³/mol. The number of rotatable bonds is 2. The number of benzene rings is 1. The summed E-state index contributed by atoms with van der Waals surface area (Å²) < 4.78 is 32.3. The van der Waals surface area contributed by atoms with Gasteiger partial charge in [0.25, 0.3) is 0 Å². The van der Waals surface area contributed by atoms with Crippen molar-refractivity contribution in [3.63, 3.8) is 0 Å². The van der Waals surface area contributed by atoms with Crippen LogP contribution in [0.4, 0.5) is 0 Å². The first kappa shape index (κ1) is 16.0. The molecule has 0 unspecified atom stereocenters. The van der Waals surface area contributed by atoms with Crippen LogP contribution in [-0.2, 0) is 10.0 Å². The van der Waals surface area contributed by atoms with Crippen LogP contribution in [0.5, 0.6) is 5.75 Å². The zero-order valence-corrected chi connectivity index (χ0v) is 14.7. The van der Waals surface area contributed by atoms with E-state index in [4.69, 9.17) is 4.74 Å². The first-order valence-electron chi connectivity index (χ1n) is 7.35. The molecule has 7 heteroatoms. The Morgan fingerprint density at radius 2 is 2.00 bits per heavy atom. The molecule has 2 heterocycles. The number of ether oxygens (including phenoxy) is 1. The first-order valence-corrected chi connectivity index (χ1v) is 9.75. The zero-order chi connectivity index (χ0) is 16.0. The zero-order valence-electron chi connectivity index (χ0n) is 12.3. The van der Waals surface area contributed by atoms with E-state index < -0.39 is 15.6 Å². The number of piperidine rings is 1. The van der Waals surface area contributed by atoms with Crippen molar-refractivity contribution in [1.82, 2.24) is 4.31 Å². The minimum absolute atomic E-state index is 0.0642. The molecule has 120 valence electrons. The lowest BCUT2D eigenvalue weighted by molar-refractivity contribution is 0.00592. The van der Waals surface area contributed by atoms with Crippen molar-refractivity contribution in [3.8, 4) is 5.75 Å². The fraction of sp³-hybridized carbons (Fsp3) is 0.533. The number of ketones is 1. The Hall–Kier alpha value is -0.920. The number of Topliss-reactive ketones (excluding diaryl/α,β-unsaturated/α-hetero) is 1. The molecule has 1 aromatic rings. The topological polar surface area (TPSA) is 63.7 Å². The molecule has 0 aliphatic carbocycles. The van der Waals surface area contributed by atoms with E-state index in [1.165, 1.54) is 4.31 Å². The molecule has 1 saturated heterocycles. The van der Waals surface area contributed by atoms with Crippen molar-refractivity contribution in [3.05, 3.63) is 28.2 Å². The average Bonchev–Trinajstić information content (AvgIpc) is 2.49. The van der Waals surface area contributed by atoms with E-state index in [1.54, 1.807) is 19.1 Å².